The molecule has 0 aromatic heterocycles. The zero-order valence-corrected chi connectivity index (χ0v) is 15.7. The second-order valence-corrected chi connectivity index (χ2v) is 7.15. The van der Waals surface area contributed by atoms with E-state index in [4.69, 9.17) is 11.5 Å². The molecule has 0 heterocycles. The van der Waals surface area contributed by atoms with E-state index in [-0.39, 0.29) is 11.8 Å². The van der Waals surface area contributed by atoms with Crippen molar-refractivity contribution in [1.29, 1.82) is 0 Å². The van der Waals surface area contributed by atoms with Crippen molar-refractivity contribution < 1.29 is 19.5 Å². The van der Waals surface area contributed by atoms with Crippen LogP contribution in [-0.2, 0) is 14.4 Å². The van der Waals surface area contributed by atoms with Crippen LogP contribution in [0.5, 0.6) is 0 Å². The average molecular weight is 358 g/mol. The molecule has 8 nitrogen and oxygen atoms in total. The third-order valence-electron chi connectivity index (χ3n) is 3.87. The van der Waals surface area contributed by atoms with Crippen LogP contribution in [0.4, 0.5) is 0 Å². The summed E-state index contributed by atoms with van der Waals surface area (Å²) in [5, 5.41) is 14.4. The Bertz CT molecular complexity index is 440. The van der Waals surface area contributed by atoms with Crippen LogP contribution in [-0.4, -0.2) is 47.6 Å². The van der Waals surface area contributed by atoms with Crippen molar-refractivity contribution in [3.8, 4) is 0 Å². The Morgan fingerprint density at radius 3 is 2.04 bits per heavy atom. The molecule has 0 fully saturated rings. The van der Waals surface area contributed by atoms with Gasteiger partial charge in [0.25, 0.3) is 0 Å². The van der Waals surface area contributed by atoms with Crippen LogP contribution < -0.4 is 22.1 Å². The lowest BCUT2D eigenvalue weighted by Crippen LogP contribution is -2.56. The van der Waals surface area contributed by atoms with Crippen molar-refractivity contribution in [2.24, 2.45) is 23.3 Å². The first kappa shape index (κ1) is 23.3. The Kier molecular flexibility index (Phi) is 11.0. The molecule has 0 aromatic rings. The minimum absolute atomic E-state index is 0.200. The first-order chi connectivity index (χ1) is 11.6. The highest BCUT2D eigenvalue weighted by Gasteiger charge is 2.29. The highest BCUT2D eigenvalue weighted by atomic mass is 16.4. The fraction of sp³-hybridized carbons (Fsp3) is 0.824. The molecule has 7 N–H and O–H groups in total. The molecule has 0 aliphatic carbocycles. The molecule has 2 amide bonds. The van der Waals surface area contributed by atoms with Gasteiger partial charge in [0.05, 0.1) is 6.04 Å². The van der Waals surface area contributed by atoms with Gasteiger partial charge in [0.15, 0.2) is 0 Å². The van der Waals surface area contributed by atoms with Gasteiger partial charge in [0.2, 0.25) is 11.8 Å². The molecular formula is C17H34N4O4. The molecule has 0 rings (SSSR count). The minimum atomic E-state index is -1.10. The fourth-order valence-electron chi connectivity index (χ4n) is 2.42. The smallest absolute Gasteiger partial charge is 0.326 e. The Morgan fingerprint density at radius 2 is 1.60 bits per heavy atom. The highest BCUT2D eigenvalue weighted by molar-refractivity contribution is 5.91. The number of carboxylic acids is 1. The predicted octanol–water partition coefficient (Wildman–Crippen LogP) is 0.199. The third-order valence-corrected chi connectivity index (χ3v) is 3.87. The molecular weight excluding hydrogens is 324 g/mol. The standard InChI is InChI=1S/C17H34N4O4/c1-10(2)9-12(19)15(22)21-14(11(3)4)16(23)20-13(17(24)25)7-5-6-8-18/h10-14H,5-9,18-19H2,1-4H3,(H,20,23)(H,21,22)(H,24,25). The Morgan fingerprint density at radius 1 is 1.00 bits per heavy atom. The zero-order chi connectivity index (χ0) is 19.6. The van der Waals surface area contributed by atoms with E-state index in [0.29, 0.717) is 32.2 Å². The van der Waals surface area contributed by atoms with E-state index in [1.165, 1.54) is 0 Å². The molecule has 0 bridgehead atoms. The summed E-state index contributed by atoms with van der Waals surface area (Å²) in [6.07, 6.45) is 2.10. The van der Waals surface area contributed by atoms with Crippen LogP contribution in [0.3, 0.4) is 0 Å². The summed E-state index contributed by atoms with van der Waals surface area (Å²) in [5.41, 5.74) is 11.3. The molecule has 0 radical (unpaired) electrons. The number of nitrogens with one attached hydrogen (secondary N) is 2. The summed E-state index contributed by atoms with van der Waals surface area (Å²) in [6.45, 7) is 7.95. The van der Waals surface area contributed by atoms with E-state index >= 15 is 0 Å². The molecule has 0 aliphatic heterocycles. The molecule has 0 aliphatic rings. The fourth-order valence-corrected chi connectivity index (χ4v) is 2.42. The molecule has 25 heavy (non-hydrogen) atoms. The summed E-state index contributed by atoms with van der Waals surface area (Å²) >= 11 is 0. The van der Waals surface area contributed by atoms with E-state index < -0.39 is 35.9 Å². The monoisotopic (exact) mass is 358 g/mol. The second kappa shape index (κ2) is 11.8. The minimum Gasteiger partial charge on any atom is -0.480 e. The van der Waals surface area contributed by atoms with Gasteiger partial charge in [-0.1, -0.05) is 27.7 Å². The maximum Gasteiger partial charge on any atom is 0.326 e. The number of carbonyl (C=O) groups excluding carboxylic acids is 2. The summed E-state index contributed by atoms with van der Waals surface area (Å²) in [6, 6.07) is -2.53. The molecule has 0 saturated carbocycles. The van der Waals surface area contributed by atoms with E-state index in [0.717, 1.165) is 0 Å². The van der Waals surface area contributed by atoms with Gasteiger partial charge in [-0.2, -0.15) is 0 Å². The number of aliphatic carboxylic acids is 1. The lowest BCUT2D eigenvalue weighted by Gasteiger charge is -2.25. The third kappa shape index (κ3) is 9.40. The van der Waals surface area contributed by atoms with Crippen LogP contribution in [0, 0.1) is 11.8 Å². The van der Waals surface area contributed by atoms with Crippen molar-refractivity contribution in [3.05, 3.63) is 0 Å². The number of nitrogens with two attached hydrogens (primary N) is 2. The van der Waals surface area contributed by atoms with E-state index in [9.17, 15) is 19.5 Å². The summed E-state index contributed by atoms with van der Waals surface area (Å²) < 4.78 is 0. The number of carbonyl (C=O) groups is 3. The van der Waals surface area contributed by atoms with Gasteiger partial charge in [-0.3, -0.25) is 9.59 Å². The van der Waals surface area contributed by atoms with Gasteiger partial charge in [-0.25, -0.2) is 4.79 Å². The van der Waals surface area contributed by atoms with Gasteiger partial charge in [0.1, 0.15) is 12.1 Å². The maximum absolute atomic E-state index is 12.5. The number of amides is 2. The summed E-state index contributed by atoms with van der Waals surface area (Å²) in [5.74, 6) is -1.96. The van der Waals surface area contributed by atoms with Gasteiger partial charge in [-0.05, 0) is 44.1 Å². The topological polar surface area (TPSA) is 148 Å². The lowest BCUT2D eigenvalue weighted by atomic mass is 10.00. The largest absolute Gasteiger partial charge is 0.480 e. The lowest BCUT2D eigenvalue weighted by molar-refractivity contribution is -0.142. The summed E-state index contributed by atoms with van der Waals surface area (Å²) in [4.78, 5) is 36.0. The Labute approximate surface area is 150 Å². The second-order valence-electron chi connectivity index (χ2n) is 7.15. The molecule has 146 valence electrons. The van der Waals surface area contributed by atoms with Crippen LogP contribution in [0.15, 0.2) is 0 Å². The van der Waals surface area contributed by atoms with Crippen molar-refractivity contribution in [1.82, 2.24) is 10.6 Å². The Hall–Kier alpha value is -1.67. The van der Waals surface area contributed by atoms with Crippen molar-refractivity contribution >= 4 is 17.8 Å². The van der Waals surface area contributed by atoms with Crippen LogP contribution in [0.25, 0.3) is 0 Å². The molecule has 0 aromatic carbocycles. The van der Waals surface area contributed by atoms with Gasteiger partial charge in [0, 0.05) is 0 Å². The maximum atomic E-state index is 12.5. The number of hydrogen-bond donors (Lipinski definition) is 5. The normalized spacial score (nSPS) is 14.9. The first-order valence-corrected chi connectivity index (χ1v) is 8.89. The SMILES string of the molecule is CC(C)CC(N)C(=O)NC(C(=O)NC(CCCCN)C(=O)O)C(C)C. The highest BCUT2D eigenvalue weighted by Crippen LogP contribution is 2.08. The molecule has 0 spiro atoms. The zero-order valence-electron chi connectivity index (χ0n) is 15.7. The number of unbranched alkanes of at least 4 members (excludes halogenated alkanes) is 1. The number of rotatable bonds is 12. The molecule has 8 heteroatoms. The van der Waals surface area contributed by atoms with Crippen LogP contribution >= 0.6 is 0 Å². The average Bonchev–Trinajstić information content (AvgIpc) is 2.50. The van der Waals surface area contributed by atoms with Crippen molar-refractivity contribution in [2.45, 2.75) is 71.5 Å². The van der Waals surface area contributed by atoms with Crippen molar-refractivity contribution in [2.75, 3.05) is 6.54 Å². The van der Waals surface area contributed by atoms with Crippen molar-refractivity contribution in [3.63, 3.8) is 0 Å². The first-order valence-electron chi connectivity index (χ1n) is 8.89. The van der Waals surface area contributed by atoms with E-state index in [2.05, 4.69) is 10.6 Å². The number of carboxylic acid groups (broad SMARTS) is 1. The predicted molar refractivity (Wildman–Crippen MR) is 96.7 cm³/mol. The Balaban J connectivity index is 4.86. The summed E-state index contributed by atoms with van der Waals surface area (Å²) in [7, 11) is 0. The molecule has 3 unspecified atom stereocenters. The van der Waals surface area contributed by atoms with E-state index in [1.807, 2.05) is 13.8 Å². The molecule has 0 saturated heterocycles. The van der Waals surface area contributed by atoms with Crippen LogP contribution in [0.1, 0.15) is 53.4 Å². The quantitative estimate of drug-likeness (QED) is 0.315. The van der Waals surface area contributed by atoms with Gasteiger partial charge >= 0.3 is 5.97 Å². The number of hydrogen-bond acceptors (Lipinski definition) is 5. The molecule has 3 atom stereocenters. The van der Waals surface area contributed by atoms with E-state index in [1.54, 1.807) is 13.8 Å². The van der Waals surface area contributed by atoms with Gasteiger partial charge < -0.3 is 27.2 Å². The van der Waals surface area contributed by atoms with Crippen LogP contribution in [0.2, 0.25) is 0 Å². The van der Waals surface area contributed by atoms with Gasteiger partial charge in [-0.15, -0.1) is 0 Å².